The number of halogens is 1. The predicted octanol–water partition coefficient (Wildman–Crippen LogP) is 4.48. The van der Waals surface area contributed by atoms with Crippen LogP contribution in [0.25, 0.3) is 0 Å². The molecule has 3 aliphatic heterocycles. The highest BCUT2D eigenvalue weighted by Crippen LogP contribution is 2.72. The van der Waals surface area contributed by atoms with E-state index in [4.69, 9.17) is 16.3 Å². The van der Waals surface area contributed by atoms with E-state index >= 15 is 0 Å². The second-order valence-electron chi connectivity index (χ2n) is 10.7. The fourth-order valence-corrected chi connectivity index (χ4v) is 9.08. The van der Waals surface area contributed by atoms with E-state index in [1.54, 1.807) is 51.9 Å². The van der Waals surface area contributed by atoms with Crippen molar-refractivity contribution in [1.29, 1.82) is 0 Å². The van der Waals surface area contributed by atoms with Gasteiger partial charge in [-0.2, -0.15) is 0 Å². The van der Waals surface area contributed by atoms with Crippen molar-refractivity contribution in [3.63, 3.8) is 0 Å². The average molecular weight is 561 g/mol. The molecule has 1 aromatic rings. The first kappa shape index (κ1) is 28.7. The average Bonchev–Trinajstić information content (AvgIpc) is 3.47. The summed E-state index contributed by atoms with van der Waals surface area (Å²) in [5.74, 6) is -2.39. The molecule has 3 heterocycles. The van der Waals surface area contributed by atoms with Gasteiger partial charge in [-0.3, -0.25) is 14.4 Å². The van der Waals surface area contributed by atoms with Crippen molar-refractivity contribution < 1.29 is 24.2 Å². The van der Waals surface area contributed by atoms with Crippen molar-refractivity contribution in [2.45, 2.75) is 61.6 Å². The monoisotopic (exact) mass is 560 g/mol. The third-order valence-corrected chi connectivity index (χ3v) is 10.8. The number of benzene rings is 1. The van der Waals surface area contributed by atoms with Gasteiger partial charge in [0.05, 0.1) is 29.2 Å². The topological polar surface area (TPSA) is 87.1 Å². The molecule has 1 spiro atoms. The summed E-state index contributed by atoms with van der Waals surface area (Å²) in [6, 6.07) is 5.57. The van der Waals surface area contributed by atoms with Gasteiger partial charge in [0.2, 0.25) is 5.91 Å². The highest BCUT2D eigenvalue weighted by molar-refractivity contribution is 8.02. The molecule has 2 bridgehead atoms. The fraction of sp³-hybridized carbons (Fsp3) is 0.552. The van der Waals surface area contributed by atoms with E-state index in [0.29, 0.717) is 23.6 Å². The Morgan fingerprint density at radius 3 is 2.55 bits per heavy atom. The molecular weight excluding hydrogens is 524 g/mol. The Kier molecular flexibility index (Phi) is 8.36. The van der Waals surface area contributed by atoms with E-state index < -0.39 is 39.4 Å². The number of anilines is 1. The van der Waals surface area contributed by atoms with Gasteiger partial charge in [0.15, 0.2) is 0 Å². The number of aliphatic hydroxyl groups excluding tert-OH is 1. The van der Waals surface area contributed by atoms with Crippen LogP contribution in [0.3, 0.4) is 0 Å². The number of thioether (sulfide) groups is 1. The van der Waals surface area contributed by atoms with Gasteiger partial charge in [0.25, 0.3) is 5.91 Å². The van der Waals surface area contributed by atoms with Crippen LogP contribution >= 0.6 is 23.4 Å². The van der Waals surface area contributed by atoms with Crippen molar-refractivity contribution in [3.05, 3.63) is 54.6 Å². The fourth-order valence-electron chi connectivity index (χ4n) is 6.62. The third kappa shape index (κ3) is 4.48. The van der Waals surface area contributed by atoms with Crippen LogP contribution in [0.4, 0.5) is 5.69 Å². The molecule has 0 aromatic heterocycles. The zero-order valence-corrected chi connectivity index (χ0v) is 23.8. The Bertz CT molecular complexity index is 1110. The van der Waals surface area contributed by atoms with Crippen molar-refractivity contribution in [3.8, 4) is 0 Å². The molecule has 0 aliphatic carbocycles. The lowest BCUT2D eigenvalue weighted by molar-refractivity contribution is -0.155. The molecule has 0 saturated carbocycles. The molecule has 2 amide bonds. The molecule has 2 unspecified atom stereocenters. The Balaban J connectivity index is 1.85. The van der Waals surface area contributed by atoms with Gasteiger partial charge in [-0.1, -0.05) is 50.6 Å². The van der Waals surface area contributed by atoms with Gasteiger partial charge < -0.3 is 19.6 Å². The van der Waals surface area contributed by atoms with E-state index in [-0.39, 0.29) is 37.5 Å². The number of amides is 2. The van der Waals surface area contributed by atoms with Crippen molar-refractivity contribution in [2.24, 2.45) is 17.8 Å². The summed E-state index contributed by atoms with van der Waals surface area (Å²) in [6.45, 7) is 13.5. The number of aliphatic hydroxyl groups is 1. The van der Waals surface area contributed by atoms with Gasteiger partial charge in [-0.15, -0.1) is 18.3 Å². The van der Waals surface area contributed by atoms with Crippen LogP contribution < -0.4 is 4.90 Å². The first-order chi connectivity index (χ1) is 18.1. The van der Waals surface area contributed by atoms with Crippen molar-refractivity contribution >= 4 is 46.8 Å². The Hall–Kier alpha value is -2.29. The number of esters is 1. The van der Waals surface area contributed by atoms with Crippen molar-refractivity contribution in [2.75, 3.05) is 24.7 Å². The second kappa shape index (κ2) is 11.1. The predicted molar refractivity (Wildman–Crippen MR) is 151 cm³/mol. The zero-order valence-electron chi connectivity index (χ0n) is 22.3. The summed E-state index contributed by atoms with van der Waals surface area (Å²) in [4.78, 5) is 45.6. The summed E-state index contributed by atoms with van der Waals surface area (Å²) in [6.07, 6.45) is 5.18. The molecule has 3 fully saturated rings. The van der Waals surface area contributed by atoms with Crippen molar-refractivity contribution in [1.82, 2.24) is 4.90 Å². The molecule has 0 radical (unpaired) electrons. The summed E-state index contributed by atoms with van der Waals surface area (Å²) in [7, 11) is 0. The zero-order chi connectivity index (χ0) is 27.8. The Labute approximate surface area is 234 Å². The first-order valence-corrected chi connectivity index (χ1v) is 14.4. The molecule has 4 rings (SSSR count). The van der Waals surface area contributed by atoms with Crippen LogP contribution in [0.5, 0.6) is 0 Å². The lowest BCUT2D eigenvalue weighted by atomic mass is 9.66. The Morgan fingerprint density at radius 2 is 1.97 bits per heavy atom. The quantitative estimate of drug-likeness (QED) is 0.317. The maximum Gasteiger partial charge on any atom is 0.311 e. The number of fused-ring (bicyclic) bond motifs is 1. The van der Waals surface area contributed by atoms with Crippen LogP contribution in [0.1, 0.15) is 40.0 Å². The van der Waals surface area contributed by atoms with E-state index in [1.165, 1.54) is 6.08 Å². The van der Waals surface area contributed by atoms with E-state index in [0.717, 1.165) is 6.42 Å². The highest BCUT2D eigenvalue weighted by atomic mass is 35.5. The minimum absolute atomic E-state index is 0.0539. The van der Waals surface area contributed by atoms with Gasteiger partial charge in [0, 0.05) is 22.0 Å². The number of nitrogens with zero attached hydrogens (tertiary/aromatic N) is 2. The van der Waals surface area contributed by atoms with Gasteiger partial charge in [0.1, 0.15) is 12.6 Å². The van der Waals surface area contributed by atoms with Crippen LogP contribution in [0.15, 0.2) is 49.6 Å². The molecule has 1 N–H and O–H groups in total. The van der Waals surface area contributed by atoms with Gasteiger partial charge in [-0.05, 0) is 49.9 Å². The van der Waals surface area contributed by atoms with E-state index in [2.05, 4.69) is 13.2 Å². The normalized spacial score (nSPS) is 31.0. The van der Waals surface area contributed by atoms with Crippen LogP contribution in [0.2, 0.25) is 5.02 Å². The Morgan fingerprint density at radius 1 is 1.29 bits per heavy atom. The summed E-state index contributed by atoms with van der Waals surface area (Å²) in [5, 5.41) is 11.1. The molecule has 3 aliphatic rings. The van der Waals surface area contributed by atoms with Crippen LogP contribution in [-0.2, 0) is 19.1 Å². The molecule has 38 heavy (non-hydrogen) atoms. The van der Waals surface area contributed by atoms with Crippen LogP contribution in [-0.4, -0.2) is 69.1 Å². The van der Waals surface area contributed by atoms with E-state index in [9.17, 15) is 19.5 Å². The molecule has 7 atom stereocenters. The molecular formula is C29H37ClN2O5S. The lowest BCUT2D eigenvalue weighted by Gasteiger charge is -2.41. The number of carbonyl (C=O) groups is 3. The minimum Gasteiger partial charge on any atom is -0.461 e. The first-order valence-electron chi connectivity index (χ1n) is 13.2. The molecule has 7 nitrogen and oxygen atoms in total. The summed E-state index contributed by atoms with van der Waals surface area (Å²) >= 11 is 7.70. The summed E-state index contributed by atoms with van der Waals surface area (Å²) < 4.78 is 4.15. The maximum atomic E-state index is 14.6. The number of carbonyl (C=O) groups excluding carboxylic acids is 3. The van der Waals surface area contributed by atoms with E-state index in [1.807, 2.05) is 20.8 Å². The standard InChI is InChI=1S/C29H37ClN2O5S/c1-6-15-31(20-11-9-19(30)10-12-20)26(35)24-29-14-13-28(5,38-29)23(27(36)37-16-7-2)22(29)25(34)32(24)21(17-33)18(4)8-3/h6-7,9-12,18,21-24,33H,1-2,8,13-17H2,3-5H3/t18-,21-,22-,23+,24?,28-,29?/m0/s1. The number of ether oxygens (including phenoxy) is 1. The van der Waals surface area contributed by atoms with Gasteiger partial charge in [-0.25, -0.2) is 0 Å². The SMILES string of the molecule is C=CCOC(=O)[C@H]1[C@H]2C(=O)N([C@@H](CO)[C@@H](C)CC)C(C(=O)N(CC=C)c3ccc(Cl)cc3)C23CC[C@]1(C)S3. The molecule has 9 heteroatoms. The number of likely N-dealkylation sites (tertiary alicyclic amines) is 1. The number of hydrogen-bond acceptors (Lipinski definition) is 6. The second-order valence-corrected chi connectivity index (χ2v) is 13.1. The third-order valence-electron chi connectivity index (χ3n) is 8.61. The molecule has 3 saturated heterocycles. The molecule has 1 aromatic carbocycles. The van der Waals surface area contributed by atoms with Gasteiger partial charge >= 0.3 is 5.97 Å². The van der Waals surface area contributed by atoms with Crippen LogP contribution in [0, 0.1) is 17.8 Å². The largest absolute Gasteiger partial charge is 0.461 e. The number of rotatable bonds is 11. The highest BCUT2D eigenvalue weighted by Gasteiger charge is 2.78. The minimum atomic E-state index is -0.856. The summed E-state index contributed by atoms with van der Waals surface area (Å²) in [5.41, 5.74) is 0.640. The number of hydrogen-bond donors (Lipinski definition) is 1. The molecule has 206 valence electrons. The smallest absolute Gasteiger partial charge is 0.311 e. The maximum absolute atomic E-state index is 14.6. The lowest BCUT2D eigenvalue weighted by Crippen LogP contribution is -2.58.